The highest BCUT2D eigenvalue weighted by molar-refractivity contribution is 5.80. The normalized spacial score (nSPS) is 22.5. The standard InChI is InChI=1S/C20H32N4O2/c1-3-21-20(22-8-9-23-10-13-25-14-11-23)24-12-15-26-19(16-24)18-7-5-4-6-17(18)2/h4-7,19H,3,8-16H2,1-2H3,(H,21,22). The highest BCUT2D eigenvalue weighted by Gasteiger charge is 2.25. The summed E-state index contributed by atoms with van der Waals surface area (Å²) < 4.78 is 11.5. The molecule has 144 valence electrons. The zero-order valence-corrected chi connectivity index (χ0v) is 16.1. The Kier molecular flexibility index (Phi) is 7.29. The molecular weight excluding hydrogens is 328 g/mol. The first-order chi connectivity index (χ1) is 12.8. The van der Waals surface area contributed by atoms with Gasteiger partial charge in [-0.2, -0.15) is 0 Å². The number of nitrogens with zero attached hydrogens (tertiary/aromatic N) is 3. The van der Waals surface area contributed by atoms with Gasteiger partial charge < -0.3 is 19.7 Å². The van der Waals surface area contributed by atoms with Gasteiger partial charge in [0.25, 0.3) is 0 Å². The molecule has 0 aliphatic carbocycles. The van der Waals surface area contributed by atoms with Crippen molar-refractivity contribution in [3.63, 3.8) is 0 Å². The van der Waals surface area contributed by atoms with Gasteiger partial charge in [0.1, 0.15) is 6.10 Å². The van der Waals surface area contributed by atoms with Gasteiger partial charge in [-0.15, -0.1) is 0 Å². The predicted molar refractivity (Wildman–Crippen MR) is 105 cm³/mol. The predicted octanol–water partition coefficient (Wildman–Crippen LogP) is 1.67. The van der Waals surface area contributed by atoms with Crippen LogP contribution in [0, 0.1) is 6.92 Å². The highest BCUT2D eigenvalue weighted by atomic mass is 16.5. The molecule has 26 heavy (non-hydrogen) atoms. The molecule has 0 saturated carbocycles. The Balaban J connectivity index is 1.61. The molecule has 1 unspecified atom stereocenters. The molecule has 2 saturated heterocycles. The summed E-state index contributed by atoms with van der Waals surface area (Å²) in [5.41, 5.74) is 2.56. The van der Waals surface area contributed by atoms with Crippen molar-refractivity contribution in [1.82, 2.24) is 15.1 Å². The third-order valence-electron chi connectivity index (χ3n) is 5.02. The minimum Gasteiger partial charge on any atom is -0.379 e. The number of rotatable bonds is 5. The molecule has 1 aromatic carbocycles. The average Bonchev–Trinajstić information content (AvgIpc) is 2.69. The zero-order valence-electron chi connectivity index (χ0n) is 16.1. The Morgan fingerprint density at radius 2 is 2.00 bits per heavy atom. The van der Waals surface area contributed by atoms with Crippen LogP contribution in [-0.2, 0) is 9.47 Å². The second kappa shape index (κ2) is 9.90. The summed E-state index contributed by atoms with van der Waals surface area (Å²) in [4.78, 5) is 9.63. The van der Waals surface area contributed by atoms with Gasteiger partial charge in [0.05, 0.1) is 32.9 Å². The number of nitrogens with one attached hydrogen (secondary N) is 1. The molecule has 1 atom stereocenters. The summed E-state index contributed by atoms with van der Waals surface area (Å²) in [5.74, 6) is 1.00. The lowest BCUT2D eigenvalue weighted by atomic mass is 10.0. The van der Waals surface area contributed by atoms with Gasteiger partial charge in [-0.1, -0.05) is 24.3 Å². The van der Waals surface area contributed by atoms with Crippen LogP contribution in [0.15, 0.2) is 29.3 Å². The maximum absolute atomic E-state index is 6.06. The lowest BCUT2D eigenvalue weighted by Crippen LogP contribution is -2.48. The lowest BCUT2D eigenvalue weighted by molar-refractivity contribution is -0.00837. The number of ether oxygens (including phenoxy) is 2. The topological polar surface area (TPSA) is 49.3 Å². The van der Waals surface area contributed by atoms with E-state index in [2.05, 4.69) is 53.2 Å². The van der Waals surface area contributed by atoms with Gasteiger partial charge in [0.15, 0.2) is 5.96 Å². The Morgan fingerprint density at radius 1 is 1.19 bits per heavy atom. The first-order valence-corrected chi connectivity index (χ1v) is 9.78. The molecule has 0 amide bonds. The molecule has 1 N–H and O–H groups in total. The maximum Gasteiger partial charge on any atom is 0.194 e. The fourth-order valence-corrected chi connectivity index (χ4v) is 3.53. The van der Waals surface area contributed by atoms with Crippen molar-refractivity contribution < 1.29 is 9.47 Å². The molecule has 2 aliphatic heterocycles. The van der Waals surface area contributed by atoms with Crippen molar-refractivity contribution in [2.75, 3.05) is 65.6 Å². The van der Waals surface area contributed by atoms with E-state index in [1.165, 1.54) is 11.1 Å². The maximum atomic E-state index is 6.06. The van der Waals surface area contributed by atoms with Crippen molar-refractivity contribution in [1.29, 1.82) is 0 Å². The minimum absolute atomic E-state index is 0.105. The van der Waals surface area contributed by atoms with Crippen molar-refractivity contribution in [2.45, 2.75) is 20.0 Å². The molecule has 0 radical (unpaired) electrons. The number of morpholine rings is 2. The van der Waals surface area contributed by atoms with E-state index in [4.69, 9.17) is 14.5 Å². The zero-order chi connectivity index (χ0) is 18.2. The molecule has 0 spiro atoms. The molecular formula is C20H32N4O2. The number of hydrogen-bond donors (Lipinski definition) is 1. The Bertz CT molecular complexity index is 587. The van der Waals surface area contributed by atoms with Crippen LogP contribution in [0.1, 0.15) is 24.2 Å². The van der Waals surface area contributed by atoms with Crippen LogP contribution >= 0.6 is 0 Å². The summed E-state index contributed by atoms with van der Waals surface area (Å²) >= 11 is 0. The first-order valence-electron chi connectivity index (χ1n) is 9.78. The van der Waals surface area contributed by atoms with E-state index in [1.54, 1.807) is 0 Å². The van der Waals surface area contributed by atoms with Crippen LogP contribution in [0.25, 0.3) is 0 Å². The Hall–Kier alpha value is -1.63. The molecule has 2 heterocycles. The third kappa shape index (κ3) is 5.19. The molecule has 0 aromatic heterocycles. The highest BCUT2D eigenvalue weighted by Crippen LogP contribution is 2.24. The van der Waals surface area contributed by atoms with Crippen molar-refractivity contribution in [2.24, 2.45) is 4.99 Å². The van der Waals surface area contributed by atoms with Crippen LogP contribution in [0.5, 0.6) is 0 Å². The van der Waals surface area contributed by atoms with Crippen molar-refractivity contribution >= 4 is 5.96 Å². The molecule has 3 rings (SSSR count). The van der Waals surface area contributed by atoms with Gasteiger partial charge >= 0.3 is 0 Å². The summed E-state index contributed by atoms with van der Waals surface area (Å²) in [6.07, 6.45) is 0.105. The number of benzene rings is 1. The molecule has 0 bridgehead atoms. The fourth-order valence-electron chi connectivity index (χ4n) is 3.53. The van der Waals surface area contributed by atoms with Crippen molar-refractivity contribution in [3.05, 3.63) is 35.4 Å². The van der Waals surface area contributed by atoms with Gasteiger partial charge in [0, 0.05) is 32.7 Å². The monoisotopic (exact) mass is 360 g/mol. The second-order valence-electron chi connectivity index (χ2n) is 6.85. The van der Waals surface area contributed by atoms with E-state index in [9.17, 15) is 0 Å². The van der Waals surface area contributed by atoms with E-state index in [0.717, 1.165) is 71.6 Å². The number of aryl methyl sites for hydroxylation is 1. The SMILES string of the molecule is CCNC(=NCCN1CCOCC1)N1CCOC(c2ccccc2C)C1. The fraction of sp³-hybridized carbons (Fsp3) is 0.650. The van der Waals surface area contributed by atoms with E-state index in [0.29, 0.717) is 0 Å². The number of guanidine groups is 1. The van der Waals surface area contributed by atoms with Crippen LogP contribution in [0.4, 0.5) is 0 Å². The van der Waals surface area contributed by atoms with Gasteiger partial charge in [0.2, 0.25) is 0 Å². The van der Waals surface area contributed by atoms with Crippen LogP contribution in [0.2, 0.25) is 0 Å². The minimum atomic E-state index is 0.105. The molecule has 2 fully saturated rings. The van der Waals surface area contributed by atoms with E-state index in [-0.39, 0.29) is 6.10 Å². The van der Waals surface area contributed by atoms with E-state index < -0.39 is 0 Å². The molecule has 2 aliphatic rings. The Labute approximate surface area is 157 Å². The van der Waals surface area contributed by atoms with Gasteiger partial charge in [-0.25, -0.2) is 0 Å². The van der Waals surface area contributed by atoms with Crippen LogP contribution in [-0.4, -0.2) is 81.4 Å². The summed E-state index contributed by atoms with van der Waals surface area (Å²) in [7, 11) is 0. The van der Waals surface area contributed by atoms with Crippen LogP contribution in [0.3, 0.4) is 0 Å². The molecule has 1 aromatic rings. The van der Waals surface area contributed by atoms with E-state index in [1.807, 2.05) is 0 Å². The number of hydrogen-bond acceptors (Lipinski definition) is 4. The first kappa shape index (κ1) is 19.1. The van der Waals surface area contributed by atoms with E-state index >= 15 is 0 Å². The average molecular weight is 361 g/mol. The quantitative estimate of drug-likeness (QED) is 0.639. The largest absolute Gasteiger partial charge is 0.379 e. The van der Waals surface area contributed by atoms with Crippen LogP contribution < -0.4 is 5.32 Å². The molecule has 6 nitrogen and oxygen atoms in total. The lowest BCUT2D eigenvalue weighted by Gasteiger charge is -2.36. The Morgan fingerprint density at radius 3 is 2.77 bits per heavy atom. The second-order valence-corrected chi connectivity index (χ2v) is 6.85. The van der Waals surface area contributed by atoms with Crippen molar-refractivity contribution in [3.8, 4) is 0 Å². The smallest absolute Gasteiger partial charge is 0.194 e. The van der Waals surface area contributed by atoms with Gasteiger partial charge in [-0.3, -0.25) is 9.89 Å². The third-order valence-corrected chi connectivity index (χ3v) is 5.02. The van der Waals surface area contributed by atoms with Gasteiger partial charge in [-0.05, 0) is 25.0 Å². The summed E-state index contributed by atoms with van der Waals surface area (Å²) in [6, 6.07) is 8.49. The summed E-state index contributed by atoms with van der Waals surface area (Å²) in [5, 5.41) is 3.45. The number of aliphatic imine (C=N–C) groups is 1. The summed E-state index contributed by atoms with van der Waals surface area (Å²) in [6.45, 7) is 13.1. The molecule has 6 heteroatoms.